The normalized spacial score (nSPS) is 14.1. The van der Waals surface area contributed by atoms with E-state index in [0.29, 0.717) is 5.82 Å². The van der Waals surface area contributed by atoms with Crippen molar-refractivity contribution in [1.29, 1.82) is 0 Å². The first-order valence-corrected chi connectivity index (χ1v) is 8.83. The van der Waals surface area contributed by atoms with Crippen molar-refractivity contribution in [3.8, 4) is 0 Å². The standard InChI is InChI=1S/C14H14BrN3O2S/c15-11-4-6-14(17-9-11)18-21(19,20)12-5-3-10-2-1-7-16-13(10)8-12/h3-6,8-9,16H,1-2,7H2,(H,17,18). The van der Waals surface area contributed by atoms with Gasteiger partial charge in [-0.2, -0.15) is 0 Å². The van der Waals surface area contributed by atoms with Crippen molar-refractivity contribution >= 4 is 37.5 Å². The van der Waals surface area contributed by atoms with Crippen LogP contribution in [0.4, 0.5) is 11.5 Å². The molecule has 21 heavy (non-hydrogen) atoms. The topological polar surface area (TPSA) is 71.1 Å². The average molecular weight is 368 g/mol. The number of anilines is 2. The molecule has 1 aliphatic rings. The minimum absolute atomic E-state index is 0.236. The van der Waals surface area contributed by atoms with Crippen LogP contribution in [0, 0.1) is 0 Å². The van der Waals surface area contributed by atoms with Gasteiger partial charge in [0.2, 0.25) is 0 Å². The molecule has 0 radical (unpaired) electrons. The van der Waals surface area contributed by atoms with Crippen molar-refractivity contribution < 1.29 is 8.42 Å². The largest absolute Gasteiger partial charge is 0.385 e. The van der Waals surface area contributed by atoms with Gasteiger partial charge in [-0.3, -0.25) is 4.72 Å². The highest BCUT2D eigenvalue weighted by atomic mass is 79.9. The van der Waals surface area contributed by atoms with E-state index < -0.39 is 10.0 Å². The Kier molecular flexibility index (Phi) is 3.86. The second kappa shape index (κ2) is 5.65. The number of aromatic nitrogens is 1. The zero-order valence-electron chi connectivity index (χ0n) is 11.1. The molecule has 1 aromatic carbocycles. The van der Waals surface area contributed by atoms with Crippen LogP contribution in [0.3, 0.4) is 0 Å². The van der Waals surface area contributed by atoms with Crippen LogP contribution in [0.15, 0.2) is 45.9 Å². The molecule has 0 aliphatic carbocycles. The Labute approximate surface area is 132 Å². The number of pyridine rings is 1. The Hall–Kier alpha value is -1.60. The van der Waals surface area contributed by atoms with Crippen molar-refractivity contribution in [2.45, 2.75) is 17.7 Å². The van der Waals surface area contributed by atoms with Gasteiger partial charge in [0.05, 0.1) is 4.90 Å². The zero-order valence-corrected chi connectivity index (χ0v) is 13.5. The molecule has 7 heteroatoms. The van der Waals surface area contributed by atoms with Crippen LogP contribution in [0.25, 0.3) is 0 Å². The minimum Gasteiger partial charge on any atom is -0.385 e. The molecule has 2 N–H and O–H groups in total. The number of benzene rings is 1. The van der Waals surface area contributed by atoms with Gasteiger partial charge in [-0.25, -0.2) is 13.4 Å². The summed E-state index contributed by atoms with van der Waals surface area (Å²) >= 11 is 3.26. The van der Waals surface area contributed by atoms with Crippen LogP contribution < -0.4 is 10.0 Å². The molecule has 110 valence electrons. The lowest BCUT2D eigenvalue weighted by atomic mass is 10.0. The fraction of sp³-hybridized carbons (Fsp3) is 0.214. The van der Waals surface area contributed by atoms with Crippen molar-refractivity contribution in [3.05, 3.63) is 46.6 Å². The third kappa shape index (κ3) is 3.19. The van der Waals surface area contributed by atoms with E-state index in [1.807, 2.05) is 6.07 Å². The third-order valence-corrected chi connectivity index (χ3v) is 5.12. The molecule has 2 aromatic rings. The fourth-order valence-electron chi connectivity index (χ4n) is 2.24. The summed E-state index contributed by atoms with van der Waals surface area (Å²) in [5, 5.41) is 3.23. The van der Waals surface area contributed by atoms with Gasteiger partial charge in [0, 0.05) is 22.9 Å². The molecule has 0 amide bonds. The van der Waals surface area contributed by atoms with Crippen LogP contribution in [-0.4, -0.2) is 19.9 Å². The highest BCUT2D eigenvalue weighted by Crippen LogP contribution is 2.26. The smallest absolute Gasteiger partial charge is 0.263 e. The number of fused-ring (bicyclic) bond motifs is 1. The molecular weight excluding hydrogens is 354 g/mol. The first kappa shape index (κ1) is 14.3. The molecule has 0 atom stereocenters. The number of rotatable bonds is 3. The van der Waals surface area contributed by atoms with E-state index in [2.05, 4.69) is 31.0 Å². The van der Waals surface area contributed by atoms with E-state index in [1.165, 1.54) is 0 Å². The second-order valence-corrected chi connectivity index (χ2v) is 7.41. The van der Waals surface area contributed by atoms with Crippen molar-refractivity contribution in [1.82, 2.24) is 4.98 Å². The van der Waals surface area contributed by atoms with E-state index in [9.17, 15) is 8.42 Å². The summed E-state index contributed by atoms with van der Waals surface area (Å²) in [4.78, 5) is 4.26. The quantitative estimate of drug-likeness (QED) is 0.874. The van der Waals surface area contributed by atoms with Crippen LogP contribution >= 0.6 is 15.9 Å². The summed E-state index contributed by atoms with van der Waals surface area (Å²) in [6.45, 7) is 0.873. The molecule has 0 saturated carbocycles. The fourth-order valence-corrected chi connectivity index (χ4v) is 3.51. The zero-order chi connectivity index (χ0) is 14.9. The number of nitrogens with zero attached hydrogens (tertiary/aromatic N) is 1. The summed E-state index contributed by atoms with van der Waals surface area (Å²) in [7, 11) is -3.63. The van der Waals surface area contributed by atoms with Gasteiger partial charge in [0.1, 0.15) is 5.82 Å². The monoisotopic (exact) mass is 367 g/mol. The van der Waals surface area contributed by atoms with Crippen LogP contribution in [0.1, 0.15) is 12.0 Å². The Balaban J connectivity index is 1.89. The molecule has 3 rings (SSSR count). The van der Waals surface area contributed by atoms with Gasteiger partial charge in [-0.15, -0.1) is 0 Å². The first-order chi connectivity index (χ1) is 10.0. The van der Waals surface area contributed by atoms with E-state index in [1.54, 1.807) is 30.5 Å². The number of aryl methyl sites for hydroxylation is 1. The van der Waals surface area contributed by atoms with E-state index in [4.69, 9.17) is 0 Å². The Bertz CT molecular complexity index is 760. The average Bonchev–Trinajstić information content (AvgIpc) is 2.49. The predicted molar refractivity (Wildman–Crippen MR) is 86.0 cm³/mol. The van der Waals surface area contributed by atoms with Gasteiger partial charge < -0.3 is 5.32 Å². The van der Waals surface area contributed by atoms with Crippen LogP contribution in [0.2, 0.25) is 0 Å². The Morgan fingerprint density at radius 2 is 2.10 bits per heavy atom. The lowest BCUT2D eigenvalue weighted by Gasteiger charge is -2.18. The number of hydrogen-bond acceptors (Lipinski definition) is 4. The van der Waals surface area contributed by atoms with Gasteiger partial charge >= 0.3 is 0 Å². The first-order valence-electron chi connectivity index (χ1n) is 6.56. The summed E-state index contributed by atoms with van der Waals surface area (Å²) in [5.41, 5.74) is 2.05. The SMILES string of the molecule is O=S(=O)(Nc1ccc(Br)cn1)c1ccc2c(c1)NCCC2. The Morgan fingerprint density at radius 3 is 2.86 bits per heavy atom. The van der Waals surface area contributed by atoms with Gasteiger partial charge in [-0.05, 0) is 58.6 Å². The maximum atomic E-state index is 12.4. The van der Waals surface area contributed by atoms with Gasteiger partial charge in [0.25, 0.3) is 10.0 Å². The summed E-state index contributed by atoms with van der Waals surface area (Å²) < 4.78 is 28.0. The van der Waals surface area contributed by atoms with Crippen LogP contribution in [-0.2, 0) is 16.4 Å². The van der Waals surface area contributed by atoms with Crippen LogP contribution in [0.5, 0.6) is 0 Å². The highest BCUT2D eigenvalue weighted by Gasteiger charge is 2.18. The maximum Gasteiger partial charge on any atom is 0.263 e. The molecule has 0 spiro atoms. The number of nitrogens with one attached hydrogen (secondary N) is 2. The molecule has 1 aromatic heterocycles. The molecular formula is C14H14BrN3O2S. The van der Waals surface area contributed by atoms with Crippen molar-refractivity contribution in [2.24, 2.45) is 0 Å². The molecule has 0 fully saturated rings. The van der Waals surface area contributed by atoms with E-state index in [-0.39, 0.29) is 4.90 Å². The highest BCUT2D eigenvalue weighted by molar-refractivity contribution is 9.10. The van der Waals surface area contributed by atoms with Crippen molar-refractivity contribution in [2.75, 3.05) is 16.6 Å². The number of sulfonamides is 1. The summed E-state index contributed by atoms with van der Waals surface area (Å²) in [6, 6.07) is 8.52. The molecule has 1 aliphatic heterocycles. The minimum atomic E-state index is -3.63. The van der Waals surface area contributed by atoms with Gasteiger partial charge in [0.15, 0.2) is 0 Å². The lowest BCUT2D eigenvalue weighted by molar-refractivity contribution is 0.601. The molecule has 0 bridgehead atoms. The van der Waals surface area contributed by atoms with Crippen molar-refractivity contribution in [3.63, 3.8) is 0 Å². The maximum absolute atomic E-state index is 12.4. The van der Waals surface area contributed by atoms with E-state index in [0.717, 1.165) is 35.1 Å². The third-order valence-electron chi connectivity index (χ3n) is 3.30. The van der Waals surface area contributed by atoms with E-state index >= 15 is 0 Å². The second-order valence-electron chi connectivity index (χ2n) is 4.82. The number of hydrogen-bond donors (Lipinski definition) is 2. The molecule has 5 nitrogen and oxygen atoms in total. The Morgan fingerprint density at radius 1 is 1.24 bits per heavy atom. The predicted octanol–water partition coefficient (Wildman–Crippen LogP) is 3.00. The summed E-state index contributed by atoms with van der Waals surface area (Å²) in [5.74, 6) is 0.295. The van der Waals surface area contributed by atoms with Gasteiger partial charge in [-0.1, -0.05) is 6.07 Å². The number of halogens is 1. The lowest BCUT2D eigenvalue weighted by Crippen LogP contribution is -2.16. The summed E-state index contributed by atoms with van der Waals surface area (Å²) in [6.07, 6.45) is 3.59. The molecule has 2 heterocycles. The molecule has 0 unspecified atom stereocenters. The molecule has 0 saturated heterocycles.